The Morgan fingerprint density at radius 3 is 2.18 bits per heavy atom. The molecule has 3 aromatic carbocycles. The van der Waals surface area contributed by atoms with Gasteiger partial charge >= 0.3 is 0 Å². The van der Waals surface area contributed by atoms with Crippen molar-refractivity contribution >= 4 is 39.1 Å². The Balaban J connectivity index is 2.04. The van der Waals surface area contributed by atoms with Gasteiger partial charge in [-0.25, -0.2) is 17.2 Å². The average molecular weight is 564 g/mol. The third kappa shape index (κ3) is 7.75. The largest absolute Gasteiger partial charge is 0.355 e. The monoisotopic (exact) mass is 563 g/mol. The highest BCUT2D eigenvalue weighted by Crippen LogP contribution is 2.22. The Hall–Kier alpha value is -3.50. The summed E-state index contributed by atoms with van der Waals surface area (Å²) in [6, 6.07) is 17.3. The van der Waals surface area contributed by atoms with Crippen molar-refractivity contribution in [2.75, 3.05) is 23.7 Å². The maximum atomic E-state index is 13.9. The van der Waals surface area contributed by atoms with Crippen molar-refractivity contribution in [1.29, 1.82) is 0 Å². The van der Waals surface area contributed by atoms with Gasteiger partial charge in [-0.2, -0.15) is 0 Å². The van der Waals surface area contributed by atoms with E-state index in [1.165, 1.54) is 4.90 Å². The first kappa shape index (κ1) is 29.1. The lowest BCUT2D eigenvalue weighted by Gasteiger charge is -2.33. The molecule has 0 saturated heterocycles. The van der Waals surface area contributed by atoms with Crippen LogP contribution < -0.4 is 9.62 Å². The van der Waals surface area contributed by atoms with Crippen LogP contribution in [0.5, 0.6) is 0 Å². The lowest BCUT2D eigenvalue weighted by molar-refractivity contribution is -0.140. The van der Waals surface area contributed by atoms with Crippen molar-refractivity contribution in [2.24, 2.45) is 0 Å². The van der Waals surface area contributed by atoms with Crippen LogP contribution in [0, 0.1) is 11.6 Å². The first-order valence-corrected chi connectivity index (χ1v) is 14.0. The van der Waals surface area contributed by atoms with Gasteiger partial charge in [-0.15, -0.1) is 0 Å². The number of anilines is 1. The Morgan fingerprint density at radius 2 is 1.61 bits per heavy atom. The number of carbonyl (C=O) groups is 2. The smallest absolute Gasteiger partial charge is 0.244 e. The number of hydrogen-bond acceptors (Lipinski definition) is 4. The number of likely N-dealkylation sites (N-methyl/N-ethyl adjacent to an activating group) is 1. The maximum Gasteiger partial charge on any atom is 0.244 e. The van der Waals surface area contributed by atoms with Crippen LogP contribution in [-0.2, 0) is 32.6 Å². The summed E-state index contributed by atoms with van der Waals surface area (Å²) in [7, 11) is -4.09. The van der Waals surface area contributed by atoms with Crippen molar-refractivity contribution in [3.05, 3.63) is 101 Å². The highest BCUT2D eigenvalue weighted by molar-refractivity contribution is 7.92. The molecule has 2 amide bonds. The normalized spacial score (nSPS) is 12.0. The number of amides is 2. The van der Waals surface area contributed by atoms with Gasteiger partial charge < -0.3 is 10.2 Å². The fourth-order valence-electron chi connectivity index (χ4n) is 3.89. The number of benzene rings is 3. The topological polar surface area (TPSA) is 86.8 Å². The van der Waals surface area contributed by atoms with E-state index in [1.54, 1.807) is 31.2 Å². The zero-order valence-electron chi connectivity index (χ0n) is 20.9. The van der Waals surface area contributed by atoms with Gasteiger partial charge in [0.05, 0.1) is 11.9 Å². The SMILES string of the molecule is CCNC(=O)C(Cc1ccccc1)N(Cc1ccc(Cl)cc1)C(=O)CN(c1ccc(F)c(F)c1)S(C)(=O)=O. The molecule has 7 nitrogen and oxygen atoms in total. The molecule has 3 rings (SSSR count). The van der Waals surface area contributed by atoms with E-state index in [-0.39, 0.29) is 18.7 Å². The fraction of sp³-hybridized carbons (Fsp3) is 0.259. The molecule has 0 bridgehead atoms. The lowest BCUT2D eigenvalue weighted by Crippen LogP contribution is -2.53. The van der Waals surface area contributed by atoms with Crippen LogP contribution in [0.3, 0.4) is 0 Å². The molecule has 11 heteroatoms. The highest BCUT2D eigenvalue weighted by Gasteiger charge is 2.33. The molecule has 0 spiro atoms. The predicted octanol–water partition coefficient (Wildman–Crippen LogP) is 4.16. The average Bonchev–Trinajstić information content (AvgIpc) is 2.87. The minimum Gasteiger partial charge on any atom is -0.355 e. The summed E-state index contributed by atoms with van der Waals surface area (Å²) >= 11 is 6.01. The summed E-state index contributed by atoms with van der Waals surface area (Å²) in [5.74, 6) is -3.54. The third-order valence-electron chi connectivity index (χ3n) is 5.76. The molecule has 202 valence electrons. The van der Waals surface area contributed by atoms with E-state index in [0.717, 1.165) is 24.0 Å². The summed E-state index contributed by atoms with van der Waals surface area (Å²) < 4.78 is 53.4. The van der Waals surface area contributed by atoms with Gasteiger partial charge in [-0.3, -0.25) is 13.9 Å². The van der Waals surface area contributed by atoms with Gasteiger partial charge in [-0.1, -0.05) is 54.1 Å². The molecule has 1 atom stereocenters. The quantitative estimate of drug-likeness (QED) is 0.379. The van der Waals surface area contributed by atoms with Crippen molar-refractivity contribution in [3.63, 3.8) is 0 Å². The molecule has 0 radical (unpaired) electrons. The number of halogens is 3. The molecule has 0 aliphatic rings. The second-order valence-electron chi connectivity index (χ2n) is 8.62. The van der Waals surface area contributed by atoms with Crippen LogP contribution in [-0.4, -0.2) is 50.5 Å². The summed E-state index contributed by atoms with van der Waals surface area (Å²) in [4.78, 5) is 28.3. The van der Waals surface area contributed by atoms with Crippen LogP contribution >= 0.6 is 11.6 Å². The van der Waals surface area contributed by atoms with E-state index < -0.39 is 46.1 Å². The molecule has 0 aliphatic heterocycles. The summed E-state index contributed by atoms with van der Waals surface area (Å²) in [5.41, 5.74) is 1.23. The molecule has 0 saturated carbocycles. The second-order valence-corrected chi connectivity index (χ2v) is 11.0. The molecule has 1 N–H and O–H groups in total. The van der Waals surface area contributed by atoms with Crippen molar-refractivity contribution in [2.45, 2.75) is 25.9 Å². The van der Waals surface area contributed by atoms with Gasteiger partial charge in [-0.05, 0) is 42.3 Å². The fourth-order valence-corrected chi connectivity index (χ4v) is 4.85. The third-order valence-corrected chi connectivity index (χ3v) is 7.15. The van der Waals surface area contributed by atoms with Gasteiger partial charge in [0, 0.05) is 30.6 Å². The van der Waals surface area contributed by atoms with Crippen LogP contribution in [0.15, 0.2) is 72.8 Å². The van der Waals surface area contributed by atoms with Crippen LogP contribution in [0.2, 0.25) is 5.02 Å². The zero-order chi connectivity index (χ0) is 27.9. The Labute approximate surface area is 226 Å². The molecule has 3 aromatic rings. The van der Waals surface area contributed by atoms with E-state index in [0.29, 0.717) is 27.5 Å². The van der Waals surface area contributed by atoms with Gasteiger partial charge in [0.2, 0.25) is 21.8 Å². The van der Waals surface area contributed by atoms with E-state index in [9.17, 15) is 26.8 Å². The number of nitrogens with one attached hydrogen (secondary N) is 1. The molecule has 0 heterocycles. The molecule has 1 unspecified atom stereocenters. The van der Waals surface area contributed by atoms with E-state index in [2.05, 4.69) is 5.32 Å². The lowest BCUT2D eigenvalue weighted by atomic mass is 10.0. The minimum atomic E-state index is -4.09. The van der Waals surface area contributed by atoms with Crippen molar-refractivity contribution in [1.82, 2.24) is 10.2 Å². The number of carbonyl (C=O) groups excluding carboxylic acids is 2. The van der Waals surface area contributed by atoms with E-state index in [4.69, 9.17) is 11.6 Å². The minimum absolute atomic E-state index is 0.0278. The summed E-state index contributed by atoms with van der Waals surface area (Å²) in [6.45, 7) is 1.30. The maximum absolute atomic E-state index is 13.9. The Bertz CT molecular complexity index is 1370. The second kappa shape index (κ2) is 12.8. The standard InChI is InChI=1S/C27H28ClF2N3O4S/c1-3-31-27(35)25(15-19-7-5-4-6-8-19)32(17-20-9-11-21(28)12-10-20)26(34)18-33(38(2,36)37)22-13-14-23(29)24(30)16-22/h4-14,16,25H,3,15,17-18H2,1-2H3,(H,31,35). The van der Waals surface area contributed by atoms with Crippen LogP contribution in [0.1, 0.15) is 18.1 Å². The van der Waals surface area contributed by atoms with E-state index >= 15 is 0 Å². The van der Waals surface area contributed by atoms with Crippen LogP contribution in [0.4, 0.5) is 14.5 Å². The Kier molecular flexibility index (Phi) is 9.82. The molecule has 0 aromatic heterocycles. The number of rotatable bonds is 11. The van der Waals surface area contributed by atoms with Gasteiger partial charge in [0.15, 0.2) is 11.6 Å². The van der Waals surface area contributed by atoms with Crippen molar-refractivity contribution in [3.8, 4) is 0 Å². The Morgan fingerprint density at radius 1 is 0.947 bits per heavy atom. The van der Waals surface area contributed by atoms with Gasteiger partial charge in [0.1, 0.15) is 12.6 Å². The number of sulfonamides is 1. The summed E-state index contributed by atoms with van der Waals surface area (Å²) in [6.07, 6.45) is 1.02. The predicted molar refractivity (Wildman–Crippen MR) is 143 cm³/mol. The summed E-state index contributed by atoms with van der Waals surface area (Å²) in [5, 5.41) is 3.23. The van der Waals surface area contributed by atoms with Crippen LogP contribution in [0.25, 0.3) is 0 Å². The molecule has 0 fully saturated rings. The first-order valence-electron chi connectivity index (χ1n) is 11.8. The molecule has 38 heavy (non-hydrogen) atoms. The zero-order valence-corrected chi connectivity index (χ0v) is 22.5. The number of hydrogen-bond donors (Lipinski definition) is 1. The molecular formula is C27H28ClF2N3O4S. The molecule has 0 aliphatic carbocycles. The highest BCUT2D eigenvalue weighted by atomic mass is 35.5. The van der Waals surface area contributed by atoms with Gasteiger partial charge in [0.25, 0.3) is 0 Å². The van der Waals surface area contributed by atoms with Crippen molar-refractivity contribution < 1.29 is 26.8 Å². The van der Waals surface area contributed by atoms with E-state index in [1.807, 2.05) is 30.3 Å². The molecular weight excluding hydrogens is 536 g/mol. The number of nitrogens with zero attached hydrogens (tertiary/aromatic N) is 2. The first-order chi connectivity index (χ1) is 18.0.